The summed E-state index contributed by atoms with van der Waals surface area (Å²) >= 11 is 3.35. The van der Waals surface area contributed by atoms with Crippen molar-refractivity contribution in [3.63, 3.8) is 0 Å². The third kappa shape index (κ3) is 4.02. The lowest BCUT2D eigenvalue weighted by Gasteiger charge is -2.43. The SMILES string of the molecule is C[C@@H]1CN(C2CCN(S(=O)(=O)c3ccc(Br)cc3)CC2)C[C@H](C)O1. The van der Waals surface area contributed by atoms with E-state index in [1.54, 1.807) is 28.6 Å². The van der Waals surface area contributed by atoms with E-state index in [0.717, 1.165) is 30.4 Å². The van der Waals surface area contributed by atoms with Crippen molar-refractivity contribution in [1.29, 1.82) is 0 Å². The molecule has 0 saturated carbocycles. The Kier molecular flexibility index (Phi) is 5.66. The number of ether oxygens (including phenoxy) is 1. The third-order valence-corrected chi connectivity index (χ3v) is 7.28. The van der Waals surface area contributed by atoms with Gasteiger partial charge in [0.05, 0.1) is 17.1 Å². The van der Waals surface area contributed by atoms with Crippen molar-refractivity contribution < 1.29 is 13.2 Å². The van der Waals surface area contributed by atoms with E-state index in [4.69, 9.17) is 4.74 Å². The van der Waals surface area contributed by atoms with Crippen molar-refractivity contribution in [3.05, 3.63) is 28.7 Å². The van der Waals surface area contributed by atoms with E-state index in [9.17, 15) is 8.42 Å². The van der Waals surface area contributed by atoms with E-state index >= 15 is 0 Å². The van der Waals surface area contributed by atoms with E-state index in [2.05, 4.69) is 34.7 Å². The summed E-state index contributed by atoms with van der Waals surface area (Å²) in [6, 6.07) is 7.33. The molecule has 0 unspecified atom stereocenters. The number of nitrogens with zero attached hydrogens (tertiary/aromatic N) is 2. The molecule has 24 heavy (non-hydrogen) atoms. The number of hydrogen-bond acceptors (Lipinski definition) is 4. The molecular formula is C17H25BrN2O3S. The molecule has 1 aromatic rings. The summed E-state index contributed by atoms with van der Waals surface area (Å²) in [5, 5.41) is 0. The first-order valence-corrected chi connectivity index (χ1v) is 10.7. The highest BCUT2D eigenvalue weighted by Gasteiger charge is 2.34. The van der Waals surface area contributed by atoms with Crippen LogP contribution in [-0.4, -0.2) is 62.1 Å². The van der Waals surface area contributed by atoms with Gasteiger partial charge in [0.15, 0.2) is 0 Å². The quantitative estimate of drug-likeness (QED) is 0.759. The van der Waals surface area contributed by atoms with Crippen LogP contribution in [0, 0.1) is 0 Å². The van der Waals surface area contributed by atoms with Gasteiger partial charge in [-0.25, -0.2) is 8.42 Å². The summed E-state index contributed by atoms with van der Waals surface area (Å²) in [7, 11) is -3.39. The van der Waals surface area contributed by atoms with Crippen LogP contribution in [0.3, 0.4) is 0 Å². The standard InChI is InChI=1S/C17H25BrN2O3S/c1-13-11-19(12-14(2)23-13)16-7-9-20(10-8-16)24(21,22)17-5-3-15(18)4-6-17/h3-6,13-14,16H,7-12H2,1-2H3/t13-,14+. The molecule has 0 radical (unpaired) electrons. The molecule has 2 saturated heterocycles. The van der Waals surface area contributed by atoms with E-state index in [1.165, 1.54) is 0 Å². The largest absolute Gasteiger partial charge is 0.373 e. The molecule has 0 amide bonds. The van der Waals surface area contributed by atoms with Crippen molar-refractivity contribution in [2.45, 2.75) is 49.8 Å². The van der Waals surface area contributed by atoms with Gasteiger partial charge in [0.2, 0.25) is 10.0 Å². The summed E-state index contributed by atoms with van der Waals surface area (Å²) in [5.74, 6) is 0. The minimum absolute atomic E-state index is 0.248. The maximum Gasteiger partial charge on any atom is 0.243 e. The van der Waals surface area contributed by atoms with Crippen molar-refractivity contribution in [2.75, 3.05) is 26.2 Å². The minimum atomic E-state index is -3.39. The molecule has 0 N–H and O–H groups in total. The molecule has 0 bridgehead atoms. The fourth-order valence-corrected chi connectivity index (χ4v) is 5.45. The zero-order valence-corrected chi connectivity index (χ0v) is 16.6. The molecule has 3 rings (SSSR count). The molecule has 0 spiro atoms. The highest BCUT2D eigenvalue weighted by molar-refractivity contribution is 9.10. The fraction of sp³-hybridized carbons (Fsp3) is 0.647. The van der Waals surface area contributed by atoms with Crippen LogP contribution in [0.2, 0.25) is 0 Å². The molecule has 2 aliphatic rings. The predicted molar refractivity (Wildman–Crippen MR) is 97.5 cm³/mol. The Morgan fingerprint density at radius 2 is 1.58 bits per heavy atom. The number of piperidine rings is 1. The lowest BCUT2D eigenvalue weighted by molar-refractivity contribution is -0.0847. The van der Waals surface area contributed by atoms with Gasteiger partial charge in [0, 0.05) is 36.7 Å². The van der Waals surface area contributed by atoms with Crippen molar-refractivity contribution in [2.24, 2.45) is 0 Å². The van der Waals surface area contributed by atoms with Crippen molar-refractivity contribution in [1.82, 2.24) is 9.21 Å². The summed E-state index contributed by atoms with van der Waals surface area (Å²) in [5.41, 5.74) is 0. The minimum Gasteiger partial charge on any atom is -0.373 e. The van der Waals surface area contributed by atoms with Gasteiger partial charge in [-0.05, 0) is 51.0 Å². The molecule has 2 aliphatic heterocycles. The molecule has 2 fully saturated rings. The molecule has 5 nitrogen and oxygen atoms in total. The Morgan fingerprint density at radius 1 is 1.04 bits per heavy atom. The highest BCUT2D eigenvalue weighted by atomic mass is 79.9. The predicted octanol–water partition coefficient (Wildman–Crippen LogP) is 2.71. The topological polar surface area (TPSA) is 49.9 Å². The zero-order valence-electron chi connectivity index (χ0n) is 14.2. The second-order valence-electron chi connectivity index (χ2n) is 6.80. The first kappa shape index (κ1) is 18.3. The van der Waals surface area contributed by atoms with Crippen LogP contribution in [0.4, 0.5) is 0 Å². The second-order valence-corrected chi connectivity index (χ2v) is 9.65. The normalized spacial score (nSPS) is 28.1. The van der Waals surface area contributed by atoms with Crippen LogP contribution in [0.1, 0.15) is 26.7 Å². The van der Waals surface area contributed by atoms with E-state index in [-0.39, 0.29) is 12.2 Å². The van der Waals surface area contributed by atoms with Crippen LogP contribution in [0.15, 0.2) is 33.6 Å². The Hall–Kier alpha value is -0.470. The van der Waals surface area contributed by atoms with Crippen LogP contribution >= 0.6 is 15.9 Å². The maximum atomic E-state index is 12.8. The molecule has 2 atom stereocenters. The first-order valence-electron chi connectivity index (χ1n) is 8.51. The Balaban J connectivity index is 1.63. The maximum absolute atomic E-state index is 12.8. The van der Waals surface area contributed by atoms with Crippen LogP contribution in [0.5, 0.6) is 0 Å². The smallest absolute Gasteiger partial charge is 0.243 e. The third-order valence-electron chi connectivity index (χ3n) is 4.84. The lowest BCUT2D eigenvalue weighted by atomic mass is 10.0. The molecule has 0 aliphatic carbocycles. The van der Waals surface area contributed by atoms with Gasteiger partial charge in [0.1, 0.15) is 0 Å². The highest BCUT2D eigenvalue weighted by Crippen LogP contribution is 2.26. The molecule has 7 heteroatoms. The molecule has 2 heterocycles. The Bertz CT molecular complexity index is 647. The molecule has 0 aromatic heterocycles. The van der Waals surface area contributed by atoms with Gasteiger partial charge >= 0.3 is 0 Å². The molecule has 1 aromatic carbocycles. The van der Waals surface area contributed by atoms with Crippen molar-refractivity contribution in [3.8, 4) is 0 Å². The number of morpholine rings is 1. The number of rotatable bonds is 3. The second kappa shape index (κ2) is 7.41. The Morgan fingerprint density at radius 3 is 2.12 bits per heavy atom. The van der Waals surface area contributed by atoms with E-state index in [1.807, 2.05) is 0 Å². The Labute approximate surface area is 153 Å². The number of hydrogen-bond donors (Lipinski definition) is 0. The van der Waals surface area contributed by atoms with Crippen LogP contribution in [0.25, 0.3) is 0 Å². The van der Waals surface area contributed by atoms with Crippen LogP contribution in [-0.2, 0) is 14.8 Å². The van der Waals surface area contributed by atoms with Crippen molar-refractivity contribution >= 4 is 26.0 Å². The number of halogens is 1. The van der Waals surface area contributed by atoms with E-state index in [0.29, 0.717) is 24.0 Å². The fourth-order valence-electron chi connectivity index (χ4n) is 3.72. The summed E-state index contributed by atoms with van der Waals surface area (Å²) in [6.07, 6.45) is 2.27. The first-order chi connectivity index (χ1) is 11.4. The van der Waals surface area contributed by atoms with Gasteiger partial charge in [-0.2, -0.15) is 4.31 Å². The van der Waals surface area contributed by atoms with E-state index < -0.39 is 10.0 Å². The number of benzene rings is 1. The molecule has 134 valence electrons. The monoisotopic (exact) mass is 416 g/mol. The molecular weight excluding hydrogens is 392 g/mol. The van der Waals surface area contributed by atoms with Crippen LogP contribution < -0.4 is 0 Å². The zero-order chi connectivity index (χ0) is 17.3. The van der Waals surface area contributed by atoms with Gasteiger partial charge < -0.3 is 4.74 Å². The summed E-state index contributed by atoms with van der Waals surface area (Å²) in [6.45, 7) is 7.26. The average Bonchev–Trinajstić information content (AvgIpc) is 2.54. The number of sulfonamides is 1. The van der Waals surface area contributed by atoms with Gasteiger partial charge in [-0.3, -0.25) is 4.90 Å². The summed E-state index contributed by atoms with van der Waals surface area (Å²) < 4.78 is 33.8. The van der Waals surface area contributed by atoms with Gasteiger partial charge in [-0.15, -0.1) is 0 Å². The van der Waals surface area contributed by atoms with Gasteiger partial charge in [-0.1, -0.05) is 15.9 Å². The lowest BCUT2D eigenvalue weighted by Crippen LogP contribution is -2.53. The van der Waals surface area contributed by atoms with Gasteiger partial charge in [0.25, 0.3) is 0 Å². The average molecular weight is 417 g/mol. The summed E-state index contributed by atoms with van der Waals surface area (Å²) in [4.78, 5) is 2.85.